The Balaban J connectivity index is 1.52. The molecule has 4 nitrogen and oxygen atoms in total. The Morgan fingerprint density at radius 1 is 0.655 bits per heavy atom. The zero-order valence-electron chi connectivity index (χ0n) is 15.6. The maximum absolute atomic E-state index is 12.6. The minimum absolute atomic E-state index is 0.241. The number of carbonyl (C=O) groups excluding carboxylic acids is 2. The van der Waals surface area contributed by atoms with E-state index in [2.05, 4.69) is 12.2 Å². The van der Waals surface area contributed by atoms with Crippen molar-refractivity contribution < 1.29 is 19.1 Å². The molecule has 0 saturated heterocycles. The van der Waals surface area contributed by atoms with Crippen LogP contribution in [0.3, 0.4) is 0 Å². The summed E-state index contributed by atoms with van der Waals surface area (Å²) in [5.41, 5.74) is 0.867. The zero-order chi connectivity index (χ0) is 19.8. The second kappa shape index (κ2) is 7.06. The second-order valence-electron chi connectivity index (χ2n) is 7.34. The first kappa shape index (κ1) is 17.4. The lowest BCUT2D eigenvalue weighted by Crippen LogP contribution is -2.28. The van der Waals surface area contributed by atoms with Crippen molar-refractivity contribution in [2.45, 2.75) is 6.42 Å². The van der Waals surface area contributed by atoms with Gasteiger partial charge in [-0.15, -0.1) is 0 Å². The molecular weight excluding hydrogens is 364 g/mol. The number of benzene rings is 3. The van der Waals surface area contributed by atoms with Crippen LogP contribution in [0, 0.1) is 11.8 Å². The van der Waals surface area contributed by atoms with Crippen molar-refractivity contribution in [3.05, 3.63) is 94.4 Å². The highest BCUT2D eigenvalue weighted by atomic mass is 16.6. The number of carbonyl (C=O) groups is 2. The van der Waals surface area contributed by atoms with Crippen LogP contribution in [0.2, 0.25) is 0 Å². The number of ether oxygens (including phenoxy) is 2. The number of rotatable bonds is 4. The second-order valence-corrected chi connectivity index (χ2v) is 7.34. The van der Waals surface area contributed by atoms with Crippen LogP contribution in [0.1, 0.15) is 27.1 Å². The summed E-state index contributed by atoms with van der Waals surface area (Å²) in [5, 5.41) is 2.00. The van der Waals surface area contributed by atoms with E-state index in [9.17, 15) is 9.59 Å². The average molecular weight is 382 g/mol. The molecule has 0 amide bonds. The fourth-order valence-corrected chi connectivity index (χ4v) is 3.59. The van der Waals surface area contributed by atoms with Gasteiger partial charge in [-0.2, -0.15) is 0 Å². The molecule has 0 N–H and O–H groups in total. The van der Waals surface area contributed by atoms with Crippen LogP contribution < -0.4 is 19.9 Å². The largest absolute Gasteiger partial charge is 0.419 e. The van der Waals surface area contributed by atoms with E-state index in [0.29, 0.717) is 23.0 Å². The zero-order valence-corrected chi connectivity index (χ0v) is 15.6. The Morgan fingerprint density at radius 3 is 1.48 bits per heavy atom. The molecule has 0 bridgehead atoms. The highest BCUT2D eigenvalue weighted by molar-refractivity contribution is 5.93. The smallest absolute Gasteiger partial charge is 0.343 e. The van der Waals surface area contributed by atoms with E-state index in [4.69, 9.17) is 9.47 Å². The molecule has 0 aromatic heterocycles. The standard InChI is InChI=1S/C25H18O4/c26-24(16-7-3-1-4-8-16)28-22-14-20-12-18-11-19(18)13-21(20)15-23(22)29-25(27)17-9-5-2-6-10-17/h1-10,12-15,18-19H,11H2. The molecule has 5 rings (SSSR count). The molecule has 3 aromatic rings. The third-order valence-electron chi connectivity index (χ3n) is 5.25. The lowest BCUT2D eigenvalue weighted by Gasteiger charge is -2.12. The van der Waals surface area contributed by atoms with E-state index in [1.54, 1.807) is 60.7 Å². The van der Waals surface area contributed by atoms with Crippen molar-refractivity contribution in [3.8, 4) is 11.5 Å². The van der Waals surface area contributed by atoms with Gasteiger partial charge in [0.25, 0.3) is 0 Å². The van der Waals surface area contributed by atoms with Crippen LogP contribution in [0.25, 0.3) is 12.2 Å². The van der Waals surface area contributed by atoms with Crippen molar-refractivity contribution in [1.29, 1.82) is 0 Å². The van der Waals surface area contributed by atoms with Crippen molar-refractivity contribution in [2.24, 2.45) is 11.8 Å². The molecule has 0 radical (unpaired) electrons. The summed E-state index contributed by atoms with van der Waals surface area (Å²) in [7, 11) is 0. The Bertz CT molecular complexity index is 1120. The van der Waals surface area contributed by atoms with E-state index < -0.39 is 11.9 Å². The summed E-state index contributed by atoms with van der Waals surface area (Å²) in [6.45, 7) is 0. The van der Waals surface area contributed by atoms with Gasteiger partial charge in [0.15, 0.2) is 11.5 Å². The Labute approximate surface area is 167 Å². The molecule has 3 aromatic carbocycles. The minimum atomic E-state index is -0.494. The summed E-state index contributed by atoms with van der Waals surface area (Å²) in [4.78, 5) is 25.2. The predicted molar refractivity (Wildman–Crippen MR) is 109 cm³/mol. The lowest BCUT2D eigenvalue weighted by molar-refractivity contribution is 0.0682. The van der Waals surface area contributed by atoms with Crippen LogP contribution in [-0.4, -0.2) is 11.9 Å². The lowest BCUT2D eigenvalue weighted by atomic mass is 10.1. The molecule has 2 aliphatic rings. The van der Waals surface area contributed by atoms with Gasteiger partial charge in [-0.3, -0.25) is 0 Å². The molecule has 0 heterocycles. The van der Waals surface area contributed by atoms with Gasteiger partial charge in [-0.25, -0.2) is 9.59 Å². The van der Waals surface area contributed by atoms with Gasteiger partial charge in [0.2, 0.25) is 0 Å². The quantitative estimate of drug-likeness (QED) is 0.513. The van der Waals surface area contributed by atoms with Crippen molar-refractivity contribution >= 4 is 24.1 Å². The molecule has 142 valence electrons. The first-order valence-electron chi connectivity index (χ1n) is 9.59. The van der Waals surface area contributed by atoms with Crippen molar-refractivity contribution in [1.82, 2.24) is 0 Å². The fraction of sp³-hybridized carbons (Fsp3) is 0.120. The third-order valence-corrected chi connectivity index (χ3v) is 5.25. The van der Waals surface area contributed by atoms with Crippen LogP contribution in [0.4, 0.5) is 0 Å². The SMILES string of the molecule is O=C(Oc1cc2c(cc1OC(=O)c1ccccc1)=CC1CC1C=2)c1ccccc1. The van der Waals surface area contributed by atoms with Crippen molar-refractivity contribution in [3.63, 3.8) is 0 Å². The predicted octanol–water partition coefficient (Wildman–Crippen LogP) is 3.34. The summed E-state index contributed by atoms with van der Waals surface area (Å²) < 4.78 is 11.3. The Hall–Kier alpha value is -3.66. The van der Waals surface area contributed by atoms with E-state index >= 15 is 0 Å². The Morgan fingerprint density at radius 2 is 1.07 bits per heavy atom. The van der Waals surface area contributed by atoms with Gasteiger partial charge in [-0.05, 0) is 65.1 Å². The number of fused-ring (bicyclic) bond motifs is 2. The fourth-order valence-electron chi connectivity index (χ4n) is 3.59. The molecule has 29 heavy (non-hydrogen) atoms. The minimum Gasteiger partial charge on any atom is -0.419 e. The summed E-state index contributed by atoms with van der Waals surface area (Å²) in [6, 6.07) is 21.1. The number of hydrogen-bond acceptors (Lipinski definition) is 4. The third kappa shape index (κ3) is 3.57. The van der Waals surface area contributed by atoms with Crippen LogP contribution in [0.15, 0.2) is 72.8 Å². The monoisotopic (exact) mass is 382 g/mol. The summed E-state index contributed by atoms with van der Waals surface area (Å²) in [5.74, 6) is 0.602. The summed E-state index contributed by atoms with van der Waals surface area (Å²) >= 11 is 0. The van der Waals surface area contributed by atoms with Gasteiger partial charge < -0.3 is 9.47 Å². The van der Waals surface area contributed by atoms with Gasteiger partial charge in [0.05, 0.1) is 11.1 Å². The van der Waals surface area contributed by atoms with Gasteiger partial charge in [-0.1, -0.05) is 48.6 Å². The molecule has 0 aliphatic heterocycles. The topological polar surface area (TPSA) is 52.6 Å². The first-order chi connectivity index (χ1) is 14.2. The first-order valence-corrected chi connectivity index (χ1v) is 9.59. The molecule has 2 aliphatic carbocycles. The molecular formula is C25H18O4. The van der Waals surface area contributed by atoms with Gasteiger partial charge in [0, 0.05) is 0 Å². The molecule has 1 fully saturated rings. The number of hydrogen-bond donors (Lipinski definition) is 0. The number of esters is 2. The van der Waals surface area contributed by atoms with Crippen LogP contribution >= 0.6 is 0 Å². The average Bonchev–Trinajstić information content (AvgIpc) is 3.52. The molecule has 4 heteroatoms. The Kier molecular flexibility index (Phi) is 4.24. The van der Waals surface area contributed by atoms with E-state index in [-0.39, 0.29) is 11.5 Å². The summed E-state index contributed by atoms with van der Waals surface area (Å²) in [6.07, 6.45) is 5.53. The highest BCUT2D eigenvalue weighted by Gasteiger charge is 2.34. The normalized spacial score (nSPS) is 18.3. The molecule has 1 saturated carbocycles. The van der Waals surface area contributed by atoms with Crippen molar-refractivity contribution in [2.75, 3.05) is 0 Å². The maximum Gasteiger partial charge on any atom is 0.343 e. The van der Waals surface area contributed by atoms with Gasteiger partial charge >= 0.3 is 11.9 Å². The van der Waals surface area contributed by atoms with Crippen LogP contribution in [0.5, 0.6) is 11.5 Å². The molecule has 0 spiro atoms. The molecule has 2 atom stereocenters. The van der Waals surface area contributed by atoms with E-state index in [1.807, 2.05) is 12.1 Å². The van der Waals surface area contributed by atoms with E-state index in [1.165, 1.54) is 0 Å². The maximum atomic E-state index is 12.6. The van der Waals surface area contributed by atoms with E-state index in [0.717, 1.165) is 16.9 Å². The molecule has 2 unspecified atom stereocenters. The highest BCUT2D eigenvalue weighted by Crippen LogP contribution is 2.42. The van der Waals surface area contributed by atoms with Gasteiger partial charge in [0.1, 0.15) is 0 Å². The van der Waals surface area contributed by atoms with Crippen LogP contribution in [-0.2, 0) is 0 Å².